The number of nitrogens with zero attached hydrogens (tertiary/aromatic N) is 2. The summed E-state index contributed by atoms with van der Waals surface area (Å²) in [5, 5.41) is 8.85. The van der Waals surface area contributed by atoms with Gasteiger partial charge in [-0.2, -0.15) is 5.26 Å². The Labute approximate surface area is 77.0 Å². The van der Waals surface area contributed by atoms with Gasteiger partial charge < -0.3 is 4.90 Å². The third-order valence-electron chi connectivity index (χ3n) is 1.14. The molecule has 0 atom stereocenters. The van der Waals surface area contributed by atoms with Crippen molar-refractivity contribution in [2.45, 2.75) is 6.42 Å². The van der Waals surface area contributed by atoms with Crippen molar-refractivity contribution in [2.24, 2.45) is 0 Å². The van der Waals surface area contributed by atoms with Crippen LogP contribution in [0.5, 0.6) is 0 Å². The molecule has 0 radical (unpaired) electrons. The predicted molar refractivity (Wildman–Crippen MR) is 47.5 cm³/mol. The number of hydrogen-bond donors (Lipinski definition) is 0. The maximum atomic E-state index is 8.26. The molecule has 0 fully saturated rings. The van der Waals surface area contributed by atoms with E-state index in [4.69, 9.17) is 28.5 Å². The Morgan fingerprint density at radius 3 is 2.82 bits per heavy atom. The molecule has 0 bridgehead atoms. The Balaban J connectivity index is 3.53. The van der Waals surface area contributed by atoms with Crippen LogP contribution in [-0.2, 0) is 0 Å². The first kappa shape index (κ1) is 10.8. The van der Waals surface area contributed by atoms with Gasteiger partial charge in [-0.3, -0.25) is 0 Å². The number of rotatable bonds is 4. The molecule has 0 spiro atoms. The molecule has 0 aromatic carbocycles. The summed E-state index contributed by atoms with van der Waals surface area (Å²) in [6.45, 7) is 1.32. The molecule has 11 heavy (non-hydrogen) atoms. The van der Waals surface area contributed by atoms with Crippen molar-refractivity contribution in [1.29, 1.82) is 5.26 Å². The second-order valence-corrected chi connectivity index (χ2v) is 2.91. The van der Waals surface area contributed by atoms with Crippen LogP contribution in [0.25, 0.3) is 0 Å². The number of nitriles is 1. The highest BCUT2D eigenvalue weighted by Crippen LogP contribution is 2.04. The smallest absolute Gasteiger partial charge is 0.0635 e. The van der Waals surface area contributed by atoms with E-state index in [-0.39, 0.29) is 0 Å². The van der Waals surface area contributed by atoms with E-state index >= 15 is 0 Å². The Hall–Kier alpha value is -0.230. The lowest BCUT2D eigenvalue weighted by Crippen LogP contribution is -2.20. The first-order valence-electron chi connectivity index (χ1n) is 3.21. The Morgan fingerprint density at radius 2 is 2.36 bits per heavy atom. The fourth-order valence-corrected chi connectivity index (χ4v) is 0.885. The largest absolute Gasteiger partial charge is 0.300 e. The van der Waals surface area contributed by atoms with E-state index in [1.807, 2.05) is 11.9 Å². The maximum absolute atomic E-state index is 8.26. The normalized spacial score (nSPS) is 11.7. The van der Waals surface area contributed by atoms with Crippen LogP contribution in [-0.4, -0.2) is 25.0 Å². The molecule has 0 aliphatic rings. The van der Waals surface area contributed by atoms with Crippen molar-refractivity contribution in [3.8, 4) is 6.07 Å². The molecule has 0 aromatic rings. The molecule has 62 valence electrons. The number of hydrogen-bond acceptors (Lipinski definition) is 2. The molecule has 0 N–H and O–H groups in total. The summed E-state index contributed by atoms with van der Waals surface area (Å²) >= 11 is 11.0. The highest BCUT2D eigenvalue weighted by Gasteiger charge is 1.98. The van der Waals surface area contributed by atoms with E-state index in [9.17, 15) is 0 Å². The second kappa shape index (κ2) is 6.48. The van der Waals surface area contributed by atoms with Crippen LogP contribution in [0.1, 0.15) is 6.42 Å². The Bertz CT molecular complexity index is 172. The summed E-state index contributed by atoms with van der Waals surface area (Å²) in [5.41, 5.74) is 1.34. The van der Waals surface area contributed by atoms with Gasteiger partial charge in [0.15, 0.2) is 0 Å². The van der Waals surface area contributed by atoms with Gasteiger partial charge in [0, 0.05) is 30.1 Å². The average Bonchev–Trinajstić information content (AvgIpc) is 2.00. The van der Waals surface area contributed by atoms with Gasteiger partial charge in [0.25, 0.3) is 0 Å². The van der Waals surface area contributed by atoms with E-state index in [0.29, 0.717) is 18.0 Å². The monoisotopic (exact) mass is 192 g/mol. The summed E-state index contributed by atoms with van der Waals surface area (Å²) in [5.74, 6) is 0. The van der Waals surface area contributed by atoms with Crippen molar-refractivity contribution < 1.29 is 0 Å². The second-order valence-electron chi connectivity index (χ2n) is 2.20. The summed E-state index contributed by atoms with van der Waals surface area (Å²) in [7, 11) is 1.89. The molecule has 0 aliphatic carbocycles. The lowest BCUT2D eigenvalue weighted by Gasteiger charge is -2.12. The number of likely N-dealkylation sites (N-methyl/N-ethyl adjacent to an activating group) is 1. The highest BCUT2D eigenvalue weighted by molar-refractivity contribution is 6.36. The van der Waals surface area contributed by atoms with E-state index in [1.54, 1.807) is 0 Å². The molecule has 0 aliphatic heterocycles. The Morgan fingerprint density at radius 1 is 1.73 bits per heavy atom. The molecule has 4 heteroatoms. The molecule has 0 saturated heterocycles. The predicted octanol–water partition coefficient (Wildman–Crippen LogP) is 2.15. The molecule has 0 amide bonds. The molecule has 0 unspecified atom stereocenters. The third kappa shape index (κ3) is 6.18. The van der Waals surface area contributed by atoms with E-state index < -0.39 is 0 Å². The minimum atomic E-state index is 0.517. The van der Waals surface area contributed by atoms with Crippen LogP contribution < -0.4 is 0 Å². The standard InChI is InChI=1S/C7H10Cl2N2/c1-11(4-2-3-10)6-7(9)5-8/h5H,2,4,6H2,1H3. The summed E-state index contributed by atoms with van der Waals surface area (Å²) < 4.78 is 0. The van der Waals surface area contributed by atoms with Gasteiger partial charge >= 0.3 is 0 Å². The minimum Gasteiger partial charge on any atom is -0.300 e. The van der Waals surface area contributed by atoms with Gasteiger partial charge in [0.1, 0.15) is 0 Å². The third-order valence-corrected chi connectivity index (χ3v) is 1.75. The fraction of sp³-hybridized carbons (Fsp3) is 0.571. The summed E-state index contributed by atoms with van der Waals surface area (Å²) in [6.07, 6.45) is 0.517. The van der Waals surface area contributed by atoms with Crippen LogP contribution in [0.2, 0.25) is 0 Å². The zero-order valence-corrected chi connectivity index (χ0v) is 7.86. The molecule has 0 aromatic heterocycles. The van der Waals surface area contributed by atoms with Crippen LogP contribution in [0.3, 0.4) is 0 Å². The molecule has 0 rings (SSSR count). The topological polar surface area (TPSA) is 27.0 Å². The van der Waals surface area contributed by atoms with Gasteiger partial charge in [-0.25, -0.2) is 0 Å². The quantitative estimate of drug-likeness (QED) is 0.683. The number of halogens is 2. The first-order chi connectivity index (χ1) is 5.20. The molecule has 0 heterocycles. The molecular formula is C7H10Cl2N2. The van der Waals surface area contributed by atoms with Gasteiger partial charge in [-0.05, 0) is 7.05 Å². The highest BCUT2D eigenvalue weighted by atomic mass is 35.5. The lowest BCUT2D eigenvalue weighted by atomic mass is 10.4. The fourth-order valence-electron chi connectivity index (χ4n) is 0.612. The van der Waals surface area contributed by atoms with Crippen molar-refractivity contribution >= 4 is 23.2 Å². The van der Waals surface area contributed by atoms with Crippen molar-refractivity contribution in [2.75, 3.05) is 20.1 Å². The SMILES string of the molecule is CN(CCC#N)CC(Cl)=CCl. The van der Waals surface area contributed by atoms with E-state index in [0.717, 1.165) is 6.54 Å². The summed E-state index contributed by atoms with van der Waals surface area (Å²) in [4.78, 5) is 1.93. The summed E-state index contributed by atoms with van der Waals surface area (Å²) in [6, 6.07) is 2.05. The van der Waals surface area contributed by atoms with E-state index in [2.05, 4.69) is 6.07 Å². The van der Waals surface area contributed by atoms with Gasteiger partial charge in [0.05, 0.1) is 6.07 Å². The minimum absolute atomic E-state index is 0.517. The lowest BCUT2D eigenvalue weighted by molar-refractivity contribution is 0.377. The molecule has 0 saturated carbocycles. The molecule has 2 nitrogen and oxygen atoms in total. The Kier molecular flexibility index (Phi) is 6.34. The van der Waals surface area contributed by atoms with Crippen LogP contribution in [0.15, 0.2) is 10.6 Å². The van der Waals surface area contributed by atoms with Crippen LogP contribution in [0.4, 0.5) is 0 Å². The average molecular weight is 193 g/mol. The van der Waals surface area contributed by atoms with Crippen molar-refractivity contribution in [3.63, 3.8) is 0 Å². The van der Waals surface area contributed by atoms with Crippen molar-refractivity contribution in [1.82, 2.24) is 4.90 Å². The van der Waals surface area contributed by atoms with Gasteiger partial charge in [-0.1, -0.05) is 23.2 Å². The maximum Gasteiger partial charge on any atom is 0.0635 e. The molecular weight excluding hydrogens is 183 g/mol. The van der Waals surface area contributed by atoms with Crippen LogP contribution in [0, 0.1) is 11.3 Å². The zero-order chi connectivity index (χ0) is 8.69. The van der Waals surface area contributed by atoms with Gasteiger partial charge in [0.2, 0.25) is 0 Å². The van der Waals surface area contributed by atoms with E-state index in [1.165, 1.54) is 5.54 Å². The van der Waals surface area contributed by atoms with Crippen LogP contribution >= 0.6 is 23.2 Å². The first-order valence-corrected chi connectivity index (χ1v) is 4.02. The zero-order valence-electron chi connectivity index (χ0n) is 6.35. The van der Waals surface area contributed by atoms with Crippen molar-refractivity contribution in [3.05, 3.63) is 10.6 Å². The van der Waals surface area contributed by atoms with Gasteiger partial charge in [-0.15, -0.1) is 0 Å².